The standard InChI is InChI=1S/C26H29FN4O2/c1-17(2)31-25-21-14-20(22(27)15-23(21)28-16-24(25)29(3)26(31)32)18-6-8-19(9-7-18)33-13-5-12-30-10-4-11-30/h6-9,14-17H,4-5,10-13H2,1-3H3. The van der Waals surface area contributed by atoms with E-state index in [9.17, 15) is 4.79 Å². The molecule has 0 amide bonds. The lowest BCUT2D eigenvalue weighted by Crippen LogP contribution is -2.38. The minimum atomic E-state index is -0.341. The number of aryl methyl sites for hydroxylation is 1. The van der Waals surface area contributed by atoms with Crippen LogP contribution in [-0.2, 0) is 7.05 Å². The van der Waals surface area contributed by atoms with Crippen LogP contribution in [0.15, 0.2) is 47.4 Å². The Kier molecular flexibility index (Phi) is 5.66. The van der Waals surface area contributed by atoms with Crippen molar-refractivity contribution < 1.29 is 9.13 Å². The third-order valence-corrected chi connectivity index (χ3v) is 6.52. The largest absolute Gasteiger partial charge is 0.494 e. The Morgan fingerprint density at radius 1 is 1.15 bits per heavy atom. The summed E-state index contributed by atoms with van der Waals surface area (Å²) in [6.45, 7) is 8.09. The fourth-order valence-corrected chi connectivity index (χ4v) is 4.56. The molecule has 6 nitrogen and oxygen atoms in total. The summed E-state index contributed by atoms with van der Waals surface area (Å²) >= 11 is 0. The van der Waals surface area contributed by atoms with Crippen molar-refractivity contribution in [2.75, 3.05) is 26.2 Å². The molecular formula is C26H29FN4O2. The highest BCUT2D eigenvalue weighted by atomic mass is 19.1. The Bertz CT molecular complexity index is 1370. The second kappa shape index (κ2) is 8.63. The lowest BCUT2D eigenvalue weighted by molar-refractivity contribution is 0.165. The van der Waals surface area contributed by atoms with E-state index < -0.39 is 0 Å². The predicted molar refractivity (Wildman–Crippen MR) is 129 cm³/mol. The van der Waals surface area contributed by atoms with E-state index in [1.807, 2.05) is 38.1 Å². The Morgan fingerprint density at radius 2 is 1.91 bits per heavy atom. The molecule has 172 valence electrons. The maximum absolute atomic E-state index is 15.1. The van der Waals surface area contributed by atoms with Gasteiger partial charge in [-0.3, -0.25) is 14.1 Å². The summed E-state index contributed by atoms with van der Waals surface area (Å²) in [4.78, 5) is 19.7. The van der Waals surface area contributed by atoms with E-state index >= 15 is 4.39 Å². The van der Waals surface area contributed by atoms with Gasteiger partial charge in [0, 0.05) is 36.7 Å². The van der Waals surface area contributed by atoms with Gasteiger partial charge in [-0.25, -0.2) is 9.18 Å². The average Bonchev–Trinajstić information content (AvgIpc) is 3.03. The molecule has 1 aliphatic rings. The molecule has 5 rings (SSSR count). The zero-order chi connectivity index (χ0) is 23.1. The molecule has 4 aromatic rings. The van der Waals surface area contributed by atoms with Crippen LogP contribution in [0.1, 0.15) is 32.7 Å². The van der Waals surface area contributed by atoms with Crippen LogP contribution < -0.4 is 10.4 Å². The van der Waals surface area contributed by atoms with Crippen LogP contribution in [0.2, 0.25) is 0 Å². The zero-order valence-corrected chi connectivity index (χ0v) is 19.3. The fraction of sp³-hybridized carbons (Fsp3) is 0.385. The van der Waals surface area contributed by atoms with E-state index in [-0.39, 0.29) is 17.5 Å². The van der Waals surface area contributed by atoms with Crippen molar-refractivity contribution in [2.45, 2.75) is 32.7 Å². The van der Waals surface area contributed by atoms with Gasteiger partial charge in [-0.15, -0.1) is 0 Å². The topological polar surface area (TPSA) is 52.3 Å². The lowest BCUT2D eigenvalue weighted by Gasteiger charge is -2.30. The Morgan fingerprint density at radius 3 is 2.58 bits per heavy atom. The van der Waals surface area contributed by atoms with Crippen molar-refractivity contribution in [2.24, 2.45) is 7.05 Å². The SMILES string of the molecule is CC(C)n1c(=O)n(C)c2cnc3cc(F)c(-c4ccc(OCCCN5CCC5)cc4)cc3c21. The minimum absolute atomic E-state index is 0.0298. The molecule has 0 unspecified atom stereocenters. The average molecular weight is 449 g/mol. The number of benzene rings is 2. The van der Waals surface area contributed by atoms with Crippen molar-refractivity contribution in [1.29, 1.82) is 0 Å². The maximum Gasteiger partial charge on any atom is 0.329 e. The summed E-state index contributed by atoms with van der Waals surface area (Å²) in [5, 5.41) is 0.765. The van der Waals surface area contributed by atoms with Gasteiger partial charge in [-0.1, -0.05) is 12.1 Å². The molecule has 2 aromatic carbocycles. The number of rotatable bonds is 7. The number of pyridine rings is 1. The van der Waals surface area contributed by atoms with Crippen molar-refractivity contribution in [3.63, 3.8) is 0 Å². The monoisotopic (exact) mass is 448 g/mol. The number of likely N-dealkylation sites (tertiary alicyclic amines) is 1. The number of hydrogen-bond acceptors (Lipinski definition) is 4. The van der Waals surface area contributed by atoms with Crippen molar-refractivity contribution >= 4 is 21.9 Å². The number of aromatic nitrogens is 3. The maximum atomic E-state index is 15.1. The highest BCUT2D eigenvalue weighted by molar-refractivity contribution is 6.04. The van der Waals surface area contributed by atoms with E-state index in [1.54, 1.807) is 28.4 Å². The van der Waals surface area contributed by atoms with Gasteiger partial charge in [0.2, 0.25) is 0 Å². The van der Waals surface area contributed by atoms with Crippen LogP contribution in [0.5, 0.6) is 5.75 Å². The van der Waals surface area contributed by atoms with Gasteiger partial charge in [0.25, 0.3) is 0 Å². The molecule has 0 bridgehead atoms. The molecule has 0 saturated carbocycles. The van der Waals surface area contributed by atoms with Crippen LogP contribution >= 0.6 is 0 Å². The first-order valence-electron chi connectivity index (χ1n) is 11.6. The van der Waals surface area contributed by atoms with Crippen LogP contribution in [-0.4, -0.2) is 45.3 Å². The van der Waals surface area contributed by atoms with Crippen LogP contribution in [0.3, 0.4) is 0 Å². The lowest BCUT2D eigenvalue weighted by atomic mass is 10.0. The molecule has 0 spiro atoms. The molecule has 1 fully saturated rings. The highest BCUT2D eigenvalue weighted by Gasteiger charge is 2.18. The number of hydrogen-bond donors (Lipinski definition) is 0. The van der Waals surface area contributed by atoms with E-state index in [4.69, 9.17) is 4.74 Å². The number of nitrogens with zero attached hydrogens (tertiary/aromatic N) is 4. The molecule has 3 heterocycles. The predicted octanol–water partition coefficient (Wildman–Crippen LogP) is 4.75. The first-order chi connectivity index (χ1) is 15.9. The van der Waals surface area contributed by atoms with Crippen molar-refractivity contribution in [3.8, 4) is 16.9 Å². The summed E-state index contributed by atoms with van der Waals surface area (Å²) in [6.07, 6.45) is 3.94. The molecular weight excluding hydrogens is 419 g/mol. The first-order valence-corrected chi connectivity index (χ1v) is 11.6. The van der Waals surface area contributed by atoms with E-state index in [0.717, 1.165) is 40.7 Å². The van der Waals surface area contributed by atoms with Gasteiger partial charge in [-0.2, -0.15) is 0 Å². The van der Waals surface area contributed by atoms with Crippen LogP contribution in [0.4, 0.5) is 4.39 Å². The number of imidazole rings is 1. The van der Waals surface area contributed by atoms with E-state index in [2.05, 4.69) is 9.88 Å². The Balaban J connectivity index is 1.47. The van der Waals surface area contributed by atoms with Crippen LogP contribution in [0.25, 0.3) is 33.1 Å². The van der Waals surface area contributed by atoms with E-state index in [1.165, 1.54) is 25.6 Å². The number of ether oxygens (including phenoxy) is 1. The molecule has 0 atom stereocenters. The molecule has 7 heteroatoms. The van der Waals surface area contributed by atoms with Gasteiger partial charge in [-0.05, 0) is 63.5 Å². The minimum Gasteiger partial charge on any atom is -0.494 e. The van der Waals surface area contributed by atoms with Gasteiger partial charge in [0.1, 0.15) is 11.6 Å². The Labute approximate surface area is 192 Å². The molecule has 2 aromatic heterocycles. The molecule has 33 heavy (non-hydrogen) atoms. The van der Waals surface area contributed by atoms with Gasteiger partial charge in [0.15, 0.2) is 0 Å². The summed E-state index contributed by atoms with van der Waals surface area (Å²) in [5.41, 5.74) is 3.19. The van der Waals surface area contributed by atoms with Crippen LogP contribution in [0, 0.1) is 5.82 Å². The molecule has 0 N–H and O–H groups in total. The molecule has 0 aliphatic carbocycles. The highest BCUT2D eigenvalue weighted by Crippen LogP contribution is 2.32. The third-order valence-electron chi connectivity index (χ3n) is 6.52. The Hall–Kier alpha value is -3.19. The number of halogens is 1. The first kappa shape index (κ1) is 21.6. The third kappa shape index (κ3) is 3.91. The zero-order valence-electron chi connectivity index (χ0n) is 19.3. The quantitative estimate of drug-likeness (QED) is 0.383. The van der Waals surface area contributed by atoms with Gasteiger partial charge >= 0.3 is 5.69 Å². The summed E-state index contributed by atoms with van der Waals surface area (Å²) in [6, 6.07) is 10.7. The summed E-state index contributed by atoms with van der Waals surface area (Å²) in [7, 11) is 1.74. The van der Waals surface area contributed by atoms with Gasteiger partial charge in [0.05, 0.1) is 29.4 Å². The summed E-state index contributed by atoms with van der Waals surface area (Å²) < 4.78 is 24.3. The molecule has 0 radical (unpaired) electrons. The second-order valence-corrected chi connectivity index (χ2v) is 9.07. The van der Waals surface area contributed by atoms with Gasteiger partial charge < -0.3 is 9.64 Å². The van der Waals surface area contributed by atoms with E-state index in [0.29, 0.717) is 17.7 Å². The summed E-state index contributed by atoms with van der Waals surface area (Å²) in [5.74, 6) is 0.441. The number of fused-ring (bicyclic) bond motifs is 3. The van der Waals surface area contributed by atoms with Crippen molar-refractivity contribution in [3.05, 3.63) is 58.9 Å². The fourth-order valence-electron chi connectivity index (χ4n) is 4.56. The second-order valence-electron chi connectivity index (χ2n) is 9.07. The molecule has 1 aliphatic heterocycles. The molecule has 1 saturated heterocycles. The normalized spacial score (nSPS) is 14.3. The smallest absolute Gasteiger partial charge is 0.329 e. The van der Waals surface area contributed by atoms with Crippen molar-refractivity contribution in [1.82, 2.24) is 19.0 Å².